The number of hydrogen-bond donors (Lipinski definition) is 2. The number of nitrogens with two attached hydrogens (primary N) is 1. The van der Waals surface area contributed by atoms with Crippen LogP contribution in [-0.4, -0.2) is 9.78 Å². The van der Waals surface area contributed by atoms with E-state index < -0.39 is 0 Å². The molecule has 1 unspecified atom stereocenters. The van der Waals surface area contributed by atoms with Crippen molar-refractivity contribution in [1.29, 1.82) is 0 Å². The highest BCUT2D eigenvalue weighted by Crippen LogP contribution is 2.18. The Bertz CT molecular complexity index is 461. The second kappa shape index (κ2) is 5.16. The third-order valence-electron chi connectivity index (χ3n) is 2.95. The normalized spacial score (nSPS) is 12.9. The third-order valence-corrected chi connectivity index (χ3v) is 2.95. The molecule has 0 aliphatic rings. The highest BCUT2D eigenvalue weighted by Gasteiger charge is 2.14. The SMILES string of the molecule is CCc1cc(CC(NN)c2ccoc2)n(C)n1. The molecule has 5 nitrogen and oxygen atoms in total. The van der Waals surface area contributed by atoms with Crippen molar-refractivity contribution in [2.24, 2.45) is 12.9 Å². The van der Waals surface area contributed by atoms with Gasteiger partial charge >= 0.3 is 0 Å². The van der Waals surface area contributed by atoms with Gasteiger partial charge < -0.3 is 4.42 Å². The molecule has 2 aromatic rings. The van der Waals surface area contributed by atoms with Crippen molar-refractivity contribution < 1.29 is 4.42 Å². The van der Waals surface area contributed by atoms with E-state index in [4.69, 9.17) is 10.3 Å². The number of nitrogens with zero attached hydrogens (tertiary/aromatic N) is 2. The Kier molecular flexibility index (Phi) is 3.61. The molecule has 2 heterocycles. The van der Waals surface area contributed by atoms with Crippen LogP contribution in [0, 0.1) is 0 Å². The van der Waals surface area contributed by atoms with Crippen molar-refractivity contribution in [1.82, 2.24) is 15.2 Å². The Morgan fingerprint density at radius 2 is 2.41 bits per heavy atom. The second-order valence-corrected chi connectivity index (χ2v) is 4.08. The first-order valence-electron chi connectivity index (χ1n) is 5.74. The van der Waals surface area contributed by atoms with E-state index in [0.717, 1.165) is 29.8 Å². The van der Waals surface area contributed by atoms with Crippen molar-refractivity contribution >= 4 is 0 Å². The quantitative estimate of drug-likeness (QED) is 0.605. The summed E-state index contributed by atoms with van der Waals surface area (Å²) in [5.41, 5.74) is 6.11. The highest BCUT2D eigenvalue weighted by molar-refractivity contribution is 5.17. The van der Waals surface area contributed by atoms with Gasteiger partial charge in [-0.15, -0.1) is 0 Å². The summed E-state index contributed by atoms with van der Waals surface area (Å²) < 4.78 is 6.98. The number of hydrazine groups is 1. The molecule has 92 valence electrons. The summed E-state index contributed by atoms with van der Waals surface area (Å²) in [4.78, 5) is 0. The van der Waals surface area contributed by atoms with Gasteiger partial charge in [0.1, 0.15) is 0 Å². The van der Waals surface area contributed by atoms with Crippen LogP contribution in [0.3, 0.4) is 0 Å². The van der Waals surface area contributed by atoms with Gasteiger partial charge in [0.15, 0.2) is 0 Å². The van der Waals surface area contributed by atoms with E-state index in [9.17, 15) is 0 Å². The van der Waals surface area contributed by atoms with Gasteiger partial charge in [0.05, 0.1) is 24.3 Å². The average molecular weight is 234 g/mol. The molecule has 1 atom stereocenters. The molecule has 0 saturated heterocycles. The van der Waals surface area contributed by atoms with Crippen LogP contribution in [0.5, 0.6) is 0 Å². The number of hydrogen-bond acceptors (Lipinski definition) is 4. The summed E-state index contributed by atoms with van der Waals surface area (Å²) in [5, 5.41) is 4.42. The van der Waals surface area contributed by atoms with Crippen LogP contribution in [0.2, 0.25) is 0 Å². The molecule has 0 aliphatic carbocycles. The van der Waals surface area contributed by atoms with Gasteiger partial charge in [-0.3, -0.25) is 16.0 Å². The molecule has 5 heteroatoms. The molecule has 2 aromatic heterocycles. The van der Waals surface area contributed by atoms with Crippen LogP contribution in [0.1, 0.15) is 29.9 Å². The lowest BCUT2D eigenvalue weighted by Gasteiger charge is -2.13. The van der Waals surface area contributed by atoms with Crippen LogP contribution < -0.4 is 11.3 Å². The standard InChI is InChI=1S/C12H18N4O/c1-3-10-6-11(16(2)15-10)7-12(14-13)9-4-5-17-8-9/h4-6,8,12,14H,3,7,13H2,1-2H3. The fourth-order valence-corrected chi connectivity index (χ4v) is 1.89. The van der Waals surface area contributed by atoms with Crippen molar-refractivity contribution in [2.45, 2.75) is 25.8 Å². The number of aromatic nitrogens is 2. The average Bonchev–Trinajstić information content (AvgIpc) is 2.96. The van der Waals surface area contributed by atoms with Crippen molar-refractivity contribution in [2.75, 3.05) is 0 Å². The first kappa shape index (κ1) is 11.9. The zero-order valence-electron chi connectivity index (χ0n) is 10.2. The molecule has 0 radical (unpaired) electrons. The zero-order valence-corrected chi connectivity index (χ0v) is 10.2. The smallest absolute Gasteiger partial charge is 0.0951 e. The van der Waals surface area contributed by atoms with Crippen LogP contribution in [0.15, 0.2) is 29.1 Å². The molecule has 0 saturated carbocycles. The van der Waals surface area contributed by atoms with Gasteiger partial charge in [0, 0.05) is 24.7 Å². The lowest BCUT2D eigenvalue weighted by molar-refractivity contribution is 0.512. The van der Waals surface area contributed by atoms with Gasteiger partial charge in [-0.2, -0.15) is 5.10 Å². The maximum Gasteiger partial charge on any atom is 0.0951 e. The molecule has 2 rings (SSSR count). The molecule has 0 aliphatic heterocycles. The van der Waals surface area contributed by atoms with Crippen LogP contribution >= 0.6 is 0 Å². The van der Waals surface area contributed by atoms with E-state index >= 15 is 0 Å². The molecular formula is C12H18N4O. The van der Waals surface area contributed by atoms with E-state index in [2.05, 4.69) is 23.5 Å². The Balaban J connectivity index is 2.15. The van der Waals surface area contributed by atoms with Crippen LogP contribution in [-0.2, 0) is 19.9 Å². The van der Waals surface area contributed by atoms with Crippen LogP contribution in [0.25, 0.3) is 0 Å². The molecule has 17 heavy (non-hydrogen) atoms. The largest absolute Gasteiger partial charge is 0.472 e. The van der Waals surface area contributed by atoms with E-state index in [0.29, 0.717) is 0 Å². The number of nitrogens with one attached hydrogen (secondary N) is 1. The van der Waals surface area contributed by atoms with E-state index in [1.165, 1.54) is 0 Å². The minimum atomic E-state index is 0.0499. The van der Waals surface area contributed by atoms with Crippen LogP contribution in [0.4, 0.5) is 0 Å². The molecule has 3 N–H and O–H groups in total. The predicted octanol–water partition coefficient (Wildman–Crippen LogP) is 1.32. The monoisotopic (exact) mass is 234 g/mol. The van der Waals surface area contributed by atoms with Crippen molar-refractivity contribution in [3.05, 3.63) is 41.6 Å². The minimum Gasteiger partial charge on any atom is -0.472 e. The summed E-state index contributed by atoms with van der Waals surface area (Å²) in [7, 11) is 1.96. The predicted molar refractivity (Wildman–Crippen MR) is 65.1 cm³/mol. The first-order valence-corrected chi connectivity index (χ1v) is 5.74. The highest BCUT2D eigenvalue weighted by atomic mass is 16.3. The maximum absolute atomic E-state index is 5.58. The summed E-state index contributed by atoms with van der Waals surface area (Å²) in [6.45, 7) is 2.10. The molecule has 0 amide bonds. The summed E-state index contributed by atoms with van der Waals surface area (Å²) in [6.07, 6.45) is 5.10. The minimum absolute atomic E-state index is 0.0499. The van der Waals surface area contributed by atoms with Gasteiger partial charge in [-0.1, -0.05) is 6.92 Å². The topological polar surface area (TPSA) is 69.0 Å². The molecule has 0 spiro atoms. The fraction of sp³-hybridized carbons (Fsp3) is 0.417. The third kappa shape index (κ3) is 2.57. The van der Waals surface area contributed by atoms with E-state index in [-0.39, 0.29) is 6.04 Å². The zero-order chi connectivity index (χ0) is 12.3. The Labute approximate surface area is 101 Å². The Hall–Kier alpha value is -1.59. The fourth-order valence-electron chi connectivity index (χ4n) is 1.89. The van der Waals surface area contributed by atoms with E-state index in [1.807, 2.05) is 17.8 Å². The van der Waals surface area contributed by atoms with Gasteiger partial charge in [-0.05, 0) is 18.6 Å². The maximum atomic E-state index is 5.58. The molecular weight excluding hydrogens is 216 g/mol. The Morgan fingerprint density at radius 1 is 1.59 bits per heavy atom. The van der Waals surface area contributed by atoms with Crippen molar-refractivity contribution in [3.63, 3.8) is 0 Å². The van der Waals surface area contributed by atoms with Gasteiger partial charge in [0.25, 0.3) is 0 Å². The van der Waals surface area contributed by atoms with Gasteiger partial charge in [-0.25, -0.2) is 0 Å². The number of aryl methyl sites for hydroxylation is 2. The Morgan fingerprint density at radius 3 is 2.94 bits per heavy atom. The lowest BCUT2D eigenvalue weighted by atomic mass is 10.1. The van der Waals surface area contributed by atoms with Gasteiger partial charge in [0.2, 0.25) is 0 Å². The summed E-state index contributed by atoms with van der Waals surface area (Å²) in [5.74, 6) is 5.58. The first-order chi connectivity index (χ1) is 8.24. The van der Waals surface area contributed by atoms with E-state index in [1.54, 1.807) is 12.5 Å². The molecule has 0 fully saturated rings. The summed E-state index contributed by atoms with van der Waals surface area (Å²) in [6, 6.07) is 4.08. The van der Waals surface area contributed by atoms with Crippen molar-refractivity contribution in [3.8, 4) is 0 Å². The second-order valence-electron chi connectivity index (χ2n) is 4.08. The summed E-state index contributed by atoms with van der Waals surface area (Å²) >= 11 is 0. The number of furan rings is 1. The number of rotatable bonds is 5. The lowest BCUT2D eigenvalue weighted by Crippen LogP contribution is -2.29. The molecule has 0 bridgehead atoms. The molecule has 0 aromatic carbocycles.